The molecule has 1 aromatic heterocycles. The fourth-order valence-electron chi connectivity index (χ4n) is 4.41. The average molecular weight is 503 g/mol. The molecule has 0 radical (unpaired) electrons. The van der Waals surface area contributed by atoms with Crippen LogP contribution in [0.5, 0.6) is 5.75 Å². The summed E-state index contributed by atoms with van der Waals surface area (Å²) in [6, 6.07) is 16.2. The summed E-state index contributed by atoms with van der Waals surface area (Å²) in [7, 11) is 1.35. The van der Waals surface area contributed by atoms with Crippen LogP contribution in [0.2, 0.25) is 0 Å². The van der Waals surface area contributed by atoms with Gasteiger partial charge in [0, 0.05) is 23.5 Å². The fourth-order valence-corrected chi connectivity index (χ4v) is 4.41. The van der Waals surface area contributed by atoms with Crippen molar-refractivity contribution in [3.63, 3.8) is 0 Å². The molecule has 0 aliphatic heterocycles. The zero-order chi connectivity index (χ0) is 26.3. The number of rotatable bonds is 16. The number of aromatic nitrogens is 2. The van der Waals surface area contributed by atoms with Gasteiger partial charge in [-0.2, -0.15) is 0 Å². The molecule has 1 atom stereocenters. The second-order valence-electron chi connectivity index (χ2n) is 9.73. The standard InChI is InChI=1S/C32H42N2O3/c1-4-5-6-7-8-9-10-11-12-13-14-26-15-17-27(18-16-26)29-23-33-31(34-24-29)28-19-21-30(22-20-28)37-25(2)32(35)36-3/h15-25H,4-14H2,1-3H3. The molecule has 0 aliphatic rings. The molecule has 1 unspecified atom stereocenters. The van der Waals surface area contributed by atoms with E-state index in [0.717, 1.165) is 23.1 Å². The molecule has 0 bridgehead atoms. The van der Waals surface area contributed by atoms with Crippen molar-refractivity contribution in [2.75, 3.05) is 7.11 Å². The van der Waals surface area contributed by atoms with E-state index >= 15 is 0 Å². The van der Waals surface area contributed by atoms with Gasteiger partial charge in [0.05, 0.1) is 7.11 Å². The van der Waals surface area contributed by atoms with Gasteiger partial charge in [-0.15, -0.1) is 0 Å². The Morgan fingerprint density at radius 3 is 1.84 bits per heavy atom. The van der Waals surface area contributed by atoms with Gasteiger partial charge in [0.1, 0.15) is 5.75 Å². The summed E-state index contributed by atoms with van der Waals surface area (Å²) in [4.78, 5) is 20.6. The van der Waals surface area contributed by atoms with E-state index in [0.29, 0.717) is 11.6 Å². The molecule has 0 aliphatic carbocycles. The number of carbonyl (C=O) groups excluding carboxylic acids is 1. The molecular weight excluding hydrogens is 460 g/mol. The lowest BCUT2D eigenvalue weighted by molar-refractivity contribution is -0.147. The van der Waals surface area contributed by atoms with Gasteiger partial charge >= 0.3 is 5.97 Å². The Morgan fingerprint density at radius 2 is 1.27 bits per heavy atom. The highest BCUT2D eigenvalue weighted by molar-refractivity contribution is 5.74. The SMILES string of the molecule is CCCCCCCCCCCCc1ccc(-c2cnc(-c3ccc(OC(C)C(=O)OC)cc3)nc2)cc1. The minimum atomic E-state index is -0.660. The molecule has 5 heteroatoms. The molecular formula is C32H42N2O3. The van der Waals surface area contributed by atoms with Gasteiger partial charge in [0.25, 0.3) is 0 Å². The first kappa shape index (κ1) is 28.4. The Balaban J connectivity index is 1.42. The second kappa shape index (κ2) is 15.8. The van der Waals surface area contributed by atoms with Crippen LogP contribution in [0, 0.1) is 0 Å². The number of carbonyl (C=O) groups is 1. The minimum Gasteiger partial charge on any atom is -0.479 e. The molecule has 0 N–H and O–H groups in total. The molecule has 0 saturated heterocycles. The van der Waals surface area contributed by atoms with Crippen molar-refractivity contribution in [3.8, 4) is 28.3 Å². The number of methoxy groups -OCH3 is 1. The second-order valence-corrected chi connectivity index (χ2v) is 9.73. The van der Waals surface area contributed by atoms with Crippen LogP contribution in [-0.4, -0.2) is 29.2 Å². The Bertz CT molecular complexity index is 1050. The highest BCUT2D eigenvalue weighted by Gasteiger charge is 2.14. The molecule has 1 heterocycles. The van der Waals surface area contributed by atoms with E-state index in [1.165, 1.54) is 76.9 Å². The molecule has 3 aromatic rings. The van der Waals surface area contributed by atoms with E-state index in [2.05, 4.69) is 41.2 Å². The summed E-state index contributed by atoms with van der Waals surface area (Å²) in [6.07, 6.45) is 17.9. The maximum Gasteiger partial charge on any atom is 0.346 e. The van der Waals surface area contributed by atoms with Crippen LogP contribution < -0.4 is 4.74 Å². The lowest BCUT2D eigenvalue weighted by Crippen LogP contribution is -2.24. The number of ether oxygens (including phenoxy) is 2. The van der Waals surface area contributed by atoms with Crippen molar-refractivity contribution in [1.29, 1.82) is 0 Å². The van der Waals surface area contributed by atoms with Gasteiger partial charge in [-0.3, -0.25) is 0 Å². The number of aryl methyl sites for hydroxylation is 1. The highest BCUT2D eigenvalue weighted by Crippen LogP contribution is 2.23. The maximum atomic E-state index is 11.5. The Labute approximate surface area is 222 Å². The van der Waals surface area contributed by atoms with Gasteiger partial charge in [0.2, 0.25) is 0 Å². The lowest BCUT2D eigenvalue weighted by Gasteiger charge is -2.12. The predicted octanol–water partition coefficient (Wildman–Crippen LogP) is 8.21. The third-order valence-corrected chi connectivity index (χ3v) is 6.72. The topological polar surface area (TPSA) is 61.3 Å². The van der Waals surface area contributed by atoms with Crippen molar-refractivity contribution >= 4 is 5.97 Å². The third-order valence-electron chi connectivity index (χ3n) is 6.72. The summed E-state index contributed by atoms with van der Waals surface area (Å²) >= 11 is 0. The van der Waals surface area contributed by atoms with Crippen LogP contribution in [0.25, 0.3) is 22.5 Å². The third kappa shape index (κ3) is 9.64. The van der Waals surface area contributed by atoms with Crippen LogP contribution in [0.1, 0.15) is 83.6 Å². The van der Waals surface area contributed by atoms with Crippen LogP contribution in [-0.2, 0) is 16.0 Å². The van der Waals surface area contributed by atoms with Crippen molar-refractivity contribution in [1.82, 2.24) is 9.97 Å². The van der Waals surface area contributed by atoms with Gasteiger partial charge in [-0.05, 0) is 55.2 Å². The predicted molar refractivity (Wildman–Crippen MR) is 151 cm³/mol. The van der Waals surface area contributed by atoms with E-state index in [-0.39, 0.29) is 0 Å². The van der Waals surface area contributed by atoms with Crippen molar-refractivity contribution in [2.45, 2.75) is 90.6 Å². The zero-order valence-corrected chi connectivity index (χ0v) is 22.7. The van der Waals surface area contributed by atoms with E-state index in [1.54, 1.807) is 19.1 Å². The first-order valence-electron chi connectivity index (χ1n) is 13.9. The normalized spacial score (nSPS) is 11.8. The Hall–Kier alpha value is -3.21. The summed E-state index contributed by atoms with van der Waals surface area (Å²) < 4.78 is 10.3. The molecule has 37 heavy (non-hydrogen) atoms. The van der Waals surface area contributed by atoms with Gasteiger partial charge in [0.15, 0.2) is 11.9 Å². The summed E-state index contributed by atoms with van der Waals surface area (Å²) in [6.45, 7) is 3.93. The van der Waals surface area contributed by atoms with Gasteiger partial charge in [-0.25, -0.2) is 14.8 Å². The van der Waals surface area contributed by atoms with Crippen LogP contribution in [0.4, 0.5) is 0 Å². The largest absolute Gasteiger partial charge is 0.479 e. The van der Waals surface area contributed by atoms with Crippen LogP contribution in [0.15, 0.2) is 60.9 Å². The van der Waals surface area contributed by atoms with E-state index in [1.807, 2.05) is 24.5 Å². The van der Waals surface area contributed by atoms with E-state index < -0.39 is 12.1 Å². The Kier molecular flexibility index (Phi) is 12.1. The van der Waals surface area contributed by atoms with Gasteiger partial charge < -0.3 is 9.47 Å². The average Bonchev–Trinajstić information content (AvgIpc) is 2.94. The molecule has 2 aromatic carbocycles. The zero-order valence-electron chi connectivity index (χ0n) is 22.7. The number of nitrogens with zero attached hydrogens (tertiary/aromatic N) is 2. The lowest BCUT2D eigenvalue weighted by atomic mass is 10.0. The van der Waals surface area contributed by atoms with Gasteiger partial charge in [-0.1, -0.05) is 89.0 Å². The molecule has 0 fully saturated rings. The monoisotopic (exact) mass is 502 g/mol. The van der Waals surface area contributed by atoms with Crippen molar-refractivity contribution < 1.29 is 14.3 Å². The first-order valence-corrected chi connectivity index (χ1v) is 13.9. The number of esters is 1. The Morgan fingerprint density at radius 1 is 0.730 bits per heavy atom. The van der Waals surface area contributed by atoms with E-state index in [4.69, 9.17) is 9.47 Å². The molecule has 3 rings (SSSR count). The van der Waals surface area contributed by atoms with Crippen LogP contribution >= 0.6 is 0 Å². The molecule has 0 amide bonds. The molecule has 198 valence electrons. The van der Waals surface area contributed by atoms with Crippen LogP contribution in [0.3, 0.4) is 0 Å². The quantitative estimate of drug-likeness (QED) is 0.146. The number of hydrogen-bond donors (Lipinski definition) is 0. The first-order chi connectivity index (χ1) is 18.1. The minimum absolute atomic E-state index is 0.408. The number of hydrogen-bond acceptors (Lipinski definition) is 5. The smallest absolute Gasteiger partial charge is 0.346 e. The number of benzene rings is 2. The molecule has 0 saturated carbocycles. The van der Waals surface area contributed by atoms with E-state index in [9.17, 15) is 4.79 Å². The molecule has 0 spiro atoms. The number of unbranched alkanes of at least 4 members (excludes halogenated alkanes) is 9. The summed E-state index contributed by atoms with van der Waals surface area (Å²) in [5.74, 6) is 0.833. The van der Waals surface area contributed by atoms with Crippen molar-refractivity contribution in [3.05, 3.63) is 66.5 Å². The maximum absolute atomic E-state index is 11.5. The van der Waals surface area contributed by atoms with Crippen molar-refractivity contribution in [2.24, 2.45) is 0 Å². The summed E-state index contributed by atoms with van der Waals surface area (Å²) in [5.41, 5.74) is 4.40. The summed E-state index contributed by atoms with van der Waals surface area (Å²) in [5, 5.41) is 0. The highest BCUT2D eigenvalue weighted by atomic mass is 16.6. The fraction of sp³-hybridized carbons (Fsp3) is 0.469. The molecule has 5 nitrogen and oxygen atoms in total.